The Balaban J connectivity index is 1.86. The van der Waals surface area contributed by atoms with Crippen molar-refractivity contribution in [1.82, 2.24) is 10.2 Å². The molecule has 2 aliphatic carbocycles. The van der Waals surface area contributed by atoms with Gasteiger partial charge in [0.05, 0.1) is 0 Å². The fourth-order valence-corrected chi connectivity index (χ4v) is 5.57. The van der Waals surface area contributed by atoms with E-state index in [4.69, 9.17) is 0 Å². The maximum atomic E-state index is 4.61. The molecule has 0 saturated heterocycles. The number of benzene rings is 2. The lowest BCUT2D eigenvalue weighted by molar-refractivity contribution is 0.470. The second-order valence-electron chi connectivity index (χ2n) is 10.3. The fourth-order valence-electron chi connectivity index (χ4n) is 5.57. The molecule has 0 spiro atoms. The van der Waals surface area contributed by atoms with E-state index in [9.17, 15) is 0 Å². The van der Waals surface area contributed by atoms with Crippen molar-refractivity contribution < 1.29 is 0 Å². The van der Waals surface area contributed by atoms with E-state index < -0.39 is 0 Å². The van der Waals surface area contributed by atoms with Crippen molar-refractivity contribution in [2.45, 2.75) is 64.7 Å². The number of aryl methyl sites for hydroxylation is 2. The van der Waals surface area contributed by atoms with E-state index in [2.05, 4.69) is 105 Å². The summed E-state index contributed by atoms with van der Waals surface area (Å²) in [5.41, 5.74) is 14.5. The molecule has 0 fully saturated rings. The topological polar surface area (TPSA) is 15.3 Å². The van der Waals surface area contributed by atoms with Gasteiger partial charge in [-0.2, -0.15) is 0 Å². The Labute approximate surface area is 224 Å². The number of hydrogen-bond acceptors (Lipinski definition) is 2. The lowest BCUT2D eigenvalue weighted by Gasteiger charge is -2.29. The molecule has 0 aromatic heterocycles. The summed E-state index contributed by atoms with van der Waals surface area (Å²) < 4.78 is 0. The average Bonchev–Trinajstić information content (AvgIpc) is 2.94. The minimum atomic E-state index is 0.867. The fraction of sp³-hybridized carbons (Fsp3) is 0.343. The molecule has 0 aliphatic heterocycles. The molecule has 2 aromatic carbocycles. The van der Waals surface area contributed by atoms with E-state index in [-0.39, 0.29) is 0 Å². The number of nitrogens with zero attached hydrogens (tertiary/aromatic N) is 1. The van der Waals surface area contributed by atoms with Crippen LogP contribution in [-0.2, 0) is 12.8 Å². The van der Waals surface area contributed by atoms with Crippen molar-refractivity contribution in [3.8, 4) is 0 Å². The van der Waals surface area contributed by atoms with Gasteiger partial charge in [0.25, 0.3) is 0 Å². The second-order valence-corrected chi connectivity index (χ2v) is 10.3. The van der Waals surface area contributed by atoms with E-state index in [1.807, 2.05) is 6.08 Å². The lowest BCUT2D eigenvalue weighted by atomic mass is 9.86. The highest BCUT2D eigenvalue weighted by molar-refractivity contribution is 5.83. The zero-order valence-corrected chi connectivity index (χ0v) is 23.0. The van der Waals surface area contributed by atoms with Gasteiger partial charge in [0.2, 0.25) is 0 Å². The number of hydrogen-bond donors (Lipinski definition) is 1. The first-order valence-electron chi connectivity index (χ1n) is 13.9. The van der Waals surface area contributed by atoms with E-state index >= 15 is 0 Å². The Morgan fingerprint density at radius 2 is 1.68 bits per heavy atom. The van der Waals surface area contributed by atoms with Crippen LogP contribution in [0.25, 0.3) is 11.1 Å². The summed E-state index contributed by atoms with van der Waals surface area (Å²) in [7, 11) is 4.25. The molecule has 0 heterocycles. The summed E-state index contributed by atoms with van der Waals surface area (Å²) >= 11 is 0. The Morgan fingerprint density at radius 1 is 0.946 bits per heavy atom. The minimum Gasteiger partial charge on any atom is -0.364 e. The lowest BCUT2D eigenvalue weighted by Crippen LogP contribution is -2.28. The van der Waals surface area contributed by atoms with Crippen LogP contribution in [0.1, 0.15) is 74.1 Å². The molecule has 0 unspecified atom stereocenters. The third-order valence-corrected chi connectivity index (χ3v) is 7.57. The van der Waals surface area contributed by atoms with Gasteiger partial charge < -0.3 is 10.2 Å². The minimum absolute atomic E-state index is 0.867. The highest BCUT2D eigenvalue weighted by atomic mass is 15.2. The summed E-state index contributed by atoms with van der Waals surface area (Å²) in [4.78, 5) is 2.21. The number of nitrogens with one attached hydrogen (secondary N) is 1. The maximum Gasteiger partial charge on any atom is 0.113 e. The zero-order valence-electron chi connectivity index (χ0n) is 23.0. The normalized spacial score (nSPS) is 16.4. The molecule has 192 valence electrons. The number of fused-ring (bicyclic) bond motifs is 1. The van der Waals surface area contributed by atoms with Gasteiger partial charge >= 0.3 is 0 Å². The van der Waals surface area contributed by atoms with Gasteiger partial charge in [0.1, 0.15) is 5.82 Å². The average molecular weight is 491 g/mol. The maximum absolute atomic E-state index is 4.61. The van der Waals surface area contributed by atoms with Crippen LogP contribution < -0.4 is 5.32 Å². The summed E-state index contributed by atoms with van der Waals surface area (Å²) in [6, 6.07) is 17.6. The molecule has 0 amide bonds. The molecule has 37 heavy (non-hydrogen) atoms. The Morgan fingerprint density at radius 3 is 2.32 bits per heavy atom. The summed E-state index contributed by atoms with van der Waals surface area (Å²) in [6.07, 6.45) is 14.9. The predicted molar refractivity (Wildman–Crippen MR) is 160 cm³/mol. The van der Waals surface area contributed by atoms with Gasteiger partial charge in [-0.05, 0) is 97.3 Å². The largest absolute Gasteiger partial charge is 0.364 e. The molecular weight excluding hydrogens is 448 g/mol. The molecule has 1 N–H and O–H groups in total. The van der Waals surface area contributed by atoms with Crippen molar-refractivity contribution in [2.75, 3.05) is 14.1 Å². The molecule has 0 saturated carbocycles. The third kappa shape index (κ3) is 6.27. The number of rotatable bonds is 9. The molecule has 2 aromatic rings. The first-order valence-corrected chi connectivity index (χ1v) is 13.9. The molecule has 0 bridgehead atoms. The molecule has 0 atom stereocenters. The summed E-state index contributed by atoms with van der Waals surface area (Å²) in [5, 5.41) is 3.90. The number of allylic oxidation sites excluding steroid dienone is 7. The standard InChI is InChI=1S/C35H42N2/c1-6-16-32(31-24-23-28-19-14-15-22-30(28)25-31)33(7-2)36-35(37(4)5)34(29-20-12-9-13-21-29)26(3)27-17-10-8-11-18-27/h8,10-11,16-18,20,23-25,36H,1,3,7,9,12-15,19,21-22H2,2,4-5H3/b33-32+,35-34+. The van der Waals surface area contributed by atoms with Gasteiger partial charge in [-0.15, -0.1) is 5.73 Å². The first-order chi connectivity index (χ1) is 18.0. The van der Waals surface area contributed by atoms with Crippen LogP contribution in [0.3, 0.4) is 0 Å². The van der Waals surface area contributed by atoms with Gasteiger partial charge in [-0.3, -0.25) is 0 Å². The van der Waals surface area contributed by atoms with Crippen LogP contribution >= 0.6 is 0 Å². The highest BCUT2D eigenvalue weighted by Gasteiger charge is 2.21. The Kier molecular flexibility index (Phi) is 9.09. The smallest absolute Gasteiger partial charge is 0.113 e. The van der Waals surface area contributed by atoms with E-state index in [0.29, 0.717) is 0 Å². The predicted octanol–water partition coefficient (Wildman–Crippen LogP) is 8.60. The SMILES string of the molecule is C=C=C/C(=C(/CC)N/C(=C(/C(=C)c1ccccc1)C1=CCCCC1)N(C)C)c1ccc2c(c1)CCCC2. The van der Waals surface area contributed by atoms with Crippen LogP contribution in [0, 0.1) is 0 Å². The van der Waals surface area contributed by atoms with Crippen molar-refractivity contribution in [1.29, 1.82) is 0 Å². The molecule has 2 nitrogen and oxygen atoms in total. The monoisotopic (exact) mass is 490 g/mol. The van der Waals surface area contributed by atoms with Gasteiger partial charge in [0.15, 0.2) is 0 Å². The Bertz CT molecular complexity index is 1260. The quantitative estimate of drug-likeness (QED) is 0.280. The molecule has 2 aliphatic rings. The molecule has 4 rings (SSSR count). The van der Waals surface area contributed by atoms with E-state index in [0.717, 1.165) is 41.8 Å². The van der Waals surface area contributed by atoms with E-state index in [1.165, 1.54) is 72.1 Å². The zero-order chi connectivity index (χ0) is 26.2. The second kappa shape index (κ2) is 12.7. The summed E-state index contributed by atoms with van der Waals surface area (Å²) in [5.74, 6) is 1.09. The highest BCUT2D eigenvalue weighted by Crippen LogP contribution is 2.36. The van der Waals surface area contributed by atoms with Crippen LogP contribution in [0.5, 0.6) is 0 Å². The van der Waals surface area contributed by atoms with Crippen molar-refractivity contribution in [3.05, 3.63) is 124 Å². The molecular formula is C35H42N2. The summed E-state index contributed by atoms with van der Waals surface area (Å²) in [6.45, 7) is 10.8. The Hall–Kier alpha value is -3.48. The van der Waals surface area contributed by atoms with Crippen molar-refractivity contribution >= 4 is 11.1 Å². The van der Waals surface area contributed by atoms with Crippen LogP contribution in [0.2, 0.25) is 0 Å². The van der Waals surface area contributed by atoms with Gasteiger partial charge in [0, 0.05) is 30.9 Å². The first kappa shape index (κ1) is 26.6. The van der Waals surface area contributed by atoms with Crippen molar-refractivity contribution in [3.63, 3.8) is 0 Å². The molecule has 0 radical (unpaired) electrons. The van der Waals surface area contributed by atoms with E-state index in [1.54, 1.807) is 0 Å². The van der Waals surface area contributed by atoms with Gasteiger partial charge in [-0.25, -0.2) is 0 Å². The van der Waals surface area contributed by atoms with Crippen LogP contribution in [0.4, 0.5) is 0 Å². The third-order valence-electron chi connectivity index (χ3n) is 7.57. The van der Waals surface area contributed by atoms with Crippen LogP contribution in [-0.4, -0.2) is 19.0 Å². The van der Waals surface area contributed by atoms with Crippen LogP contribution in [0.15, 0.2) is 102 Å². The van der Waals surface area contributed by atoms with Gasteiger partial charge in [-0.1, -0.05) is 74.7 Å². The molecule has 2 heteroatoms. The van der Waals surface area contributed by atoms with Crippen molar-refractivity contribution in [2.24, 2.45) is 0 Å².